The van der Waals surface area contributed by atoms with Crippen molar-refractivity contribution in [2.45, 2.75) is 19.4 Å². The molecule has 0 N–H and O–H groups in total. The zero-order valence-corrected chi connectivity index (χ0v) is 11.2. The molecule has 1 aliphatic rings. The third kappa shape index (κ3) is 1.61. The van der Waals surface area contributed by atoms with E-state index in [1.54, 1.807) is 0 Å². The van der Waals surface area contributed by atoms with Crippen molar-refractivity contribution >= 4 is 16.6 Å². The van der Waals surface area contributed by atoms with Crippen molar-refractivity contribution in [2.75, 3.05) is 0 Å². The summed E-state index contributed by atoms with van der Waals surface area (Å²) in [7, 11) is 0. The largest absolute Gasteiger partial charge is 0.338 e. The summed E-state index contributed by atoms with van der Waals surface area (Å²) >= 11 is 0. The van der Waals surface area contributed by atoms with Gasteiger partial charge in [-0.25, -0.2) is 0 Å². The minimum atomic E-state index is 0.266. The Morgan fingerprint density at radius 3 is 2.60 bits per heavy atom. The molecule has 2 aromatic carbocycles. The van der Waals surface area contributed by atoms with Crippen LogP contribution in [0.25, 0.3) is 22.0 Å². The van der Waals surface area contributed by atoms with Crippen LogP contribution in [0.3, 0.4) is 0 Å². The highest BCUT2D eigenvalue weighted by Gasteiger charge is 2.20. The number of fused-ring (bicyclic) bond motifs is 2. The highest BCUT2D eigenvalue weighted by molar-refractivity contribution is 5.99. The van der Waals surface area contributed by atoms with Gasteiger partial charge in [0.25, 0.3) is 0 Å². The quantitative estimate of drug-likeness (QED) is 0.640. The Morgan fingerprint density at radius 1 is 0.850 bits per heavy atom. The lowest BCUT2D eigenvalue weighted by molar-refractivity contribution is 0.0955. The molecule has 20 heavy (non-hydrogen) atoms. The van der Waals surface area contributed by atoms with E-state index in [4.69, 9.17) is 0 Å². The molecule has 0 radical (unpaired) electrons. The molecule has 0 atom stereocenters. The van der Waals surface area contributed by atoms with Crippen molar-refractivity contribution in [3.05, 3.63) is 60.3 Å². The van der Waals surface area contributed by atoms with Gasteiger partial charge in [-0.15, -0.1) is 0 Å². The molecule has 1 aromatic heterocycles. The van der Waals surface area contributed by atoms with Crippen LogP contribution in [-0.2, 0) is 6.54 Å². The lowest BCUT2D eigenvalue weighted by Crippen LogP contribution is -2.16. The van der Waals surface area contributed by atoms with Crippen LogP contribution >= 0.6 is 0 Å². The maximum absolute atomic E-state index is 12.0. The SMILES string of the molecule is O=C1CCCn2c1ccc2-c1cccc2ccccc12. The topological polar surface area (TPSA) is 22.0 Å². The van der Waals surface area contributed by atoms with Crippen molar-refractivity contribution in [3.63, 3.8) is 0 Å². The van der Waals surface area contributed by atoms with Gasteiger partial charge in [-0.2, -0.15) is 0 Å². The summed E-state index contributed by atoms with van der Waals surface area (Å²) in [5, 5.41) is 2.48. The summed E-state index contributed by atoms with van der Waals surface area (Å²) in [6, 6.07) is 18.8. The minimum absolute atomic E-state index is 0.266. The van der Waals surface area contributed by atoms with E-state index in [0.29, 0.717) is 6.42 Å². The number of ketones is 1. The number of hydrogen-bond donors (Lipinski definition) is 0. The normalized spacial score (nSPS) is 14.5. The number of benzene rings is 2. The molecule has 0 fully saturated rings. The molecule has 0 spiro atoms. The Labute approximate surface area is 117 Å². The lowest BCUT2D eigenvalue weighted by Gasteiger charge is -2.18. The molecule has 0 saturated carbocycles. The Kier molecular flexibility index (Phi) is 2.49. The highest BCUT2D eigenvalue weighted by atomic mass is 16.1. The minimum Gasteiger partial charge on any atom is -0.338 e. The molecular weight excluding hydrogens is 246 g/mol. The van der Waals surface area contributed by atoms with Crippen molar-refractivity contribution in [1.82, 2.24) is 4.57 Å². The highest BCUT2D eigenvalue weighted by Crippen LogP contribution is 2.32. The molecule has 2 nitrogen and oxygen atoms in total. The van der Waals surface area contributed by atoms with E-state index >= 15 is 0 Å². The Hall–Kier alpha value is -2.35. The first-order chi connectivity index (χ1) is 9.84. The van der Waals surface area contributed by atoms with E-state index in [2.05, 4.69) is 53.1 Å². The summed E-state index contributed by atoms with van der Waals surface area (Å²) in [5.74, 6) is 0.266. The molecule has 98 valence electrons. The summed E-state index contributed by atoms with van der Waals surface area (Å²) in [6.45, 7) is 0.937. The van der Waals surface area contributed by atoms with E-state index in [1.807, 2.05) is 6.07 Å². The van der Waals surface area contributed by atoms with Crippen LogP contribution in [0.2, 0.25) is 0 Å². The summed E-state index contributed by atoms with van der Waals surface area (Å²) in [6.07, 6.45) is 1.62. The summed E-state index contributed by atoms with van der Waals surface area (Å²) in [4.78, 5) is 12.0. The van der Waals surface area contributed by atoms with Gasteiger partial charge in [-0.3, -0.25) is 4.79 Å². The van der Waals surface area contributed by atoms with Crippen molar-refractivity contribution in [3.8, 4) is 11.3 Å². The van der Waals surface area contributed by atoms with E-state index in [1.165, 1.54) is 16.3 Å². The standard InChI is InChI=1S/C18H15NO/c20-18-9-4-12-19-16(10-11-17(18)19)15-8-3-6-13-5-1-2-7-14(13)15/h1-3,5-8,10-11H,4,9,12H2. The second-order valence-corrected chi connectivity index (χ2v) is 5.31. The Balaban J connectivity index is 1.99. The maximum atomic E-state index is 12.0. The number of rotatable bonds is 1. The third-order valence-corrected chi connectivity index (χ3v) is 4.12. The van der Waals surface area contributed by atoms with E-state index < -0.39 is 0 Å². The van der Waals surface area contributed by atoms with Gasteiger partial charge < -0.3 is 4.57 Å². The zero-order chi connectivity index (χ0) is 13.5. The van der Waals surface area contributed by atoms with Gasteiger partial charge >= 0.3 is 0 Å². The van der Waals surface area contributed by atoms with Crippen molar-refractivity contribution < 1.29 is 4.79 Å². The Bertz CT molecular complexity index is 808. The zero-order valence-electron chi connectivity index (χ0n) is 11.2. The molecule has 3 aromatic rings. The van der Waals surface area contributed by atoms with Crippen LogP contribution in [0.4, 0.5) is 0 Å². The molecule has 0 aliphatic carbocycles. The Morgan fingerprint density at radius 2 is 1.65 bits per heavy atom. The second kappa shape index (κ2) is 4.34. The van der Waals surface area contributed by atoms with Gasteiger partial charge in [-0.1, -0.05) is 42.5 Å². The predicted octanol–water partition coefficient (Wildman–Crippen LogP) is 4.28. The fourth-order valence-corrected chi connectivity index (χ4v) is 3.16. The molecule has 4 rings (SSSR count). The molecule has 0 unspecified atom stereocenters. The fourth-order valence-electron chi connectivity index (χ4n) is 3.16. The van der Waals surface area contributed by atoms with E-state index in [9.17, 15) is 4.79 Å². The molecule has 2 heteroatoms. The van der Waals surface area contributed by atoms with Crippen molar-refractivity contribution in [1.29, 1.82) is 0 Å². The fraction of sp³-hybridized carbons (Fsp3) is 0.167. The molecule has 0 saturated heterocycles. The lowest BCUT2D eigenvalue weighted by atomic mass is 10.0. The maximum Gasteiger partial charge on any atom is 0.179 e. The average Bonchev–Trinajstić information content (AvgIpc) is 2.92. The van der Waals surface area contributed by atoms with Gasteiger partial charge in [0.1, 0.15) is 0 Å². The van der Waals surface area contributed by atoms with Gasteiger partial charge in [0.15, 0.2) is 5.78 Å². The number of carbonyl (C=O) groups is 1. The number of nitrogens with zero attached hydrogens (tertiary/aromatic N) is 1. The molecule has 1 aliphatic heterocycles. The number of carbonyl (C=O) groups excluding carboxylic acids is 1. The number of Topliss-reactive ketones (excluding diaryl/α,β-unsaturated/α-hetero) is 1. The van der Waals surface area contributed by atoms with Crippen LogP contribution < -0.4 is 0 Å². The van der Waals surface area contributed by atoms with Gasteiger partial charge in [0.2, 0.25) is 0 Å². The number of hydrogen-bond acceptors (Lipinski definition) is 1. The van der Waals surface area contributed by atoms with Gasteiger partial charge in [-0.05, 0) is 29.3 Å². The molecule has 2 heterocycles. The average molecular weight is 261 g/mol. The van der Waals surface area contributed by atoms with Crippen LogP contribution in [0.15, 0.2) is 54.6 Å². The van der Waals surface area contributed by atoms with Crippen LogP contribution in [0.1, 0.15) is 23.3 Å². The summed E-state index contributed by atoms with van der Waals surface area (Å²) < 4.78 is 2.17. The van der Waals surface area contributed by atoms with Gasteiger partial charge in [0.05, 0.1) is 5.69 Å². The van der Waals surface area contributed by atoms with Crippen LogP contribution in [0.5, 0.6) is 0 Å². The van der Waals surface area contributed by atoms with Crippen LogP contribution in [0, 0.1) is 0 Å². The van der Waals surface area contributed by atoms with Crippen molar-refractivity contribution in [2.24, 2.45) is 0 Å². The first-order valence-corrected chi connectivity index (χ1v) is 7.05. The van der Waals surface area contributed by atoms with E-state index in [-0.39, 0.29) is 5.78 Å². The van der Waals surface area contributed by atoms with E-state index in [0.717, 1.165) is 24.4 Å². The first-order valence-electron chi connectivity index (χ1n) is 7.05. The monoisotopic (exact) mass is 261 g/mol. The second-order valence-electron chi connectivity index (χ2n) is 5.31. The molecular formula is C18H15NO. The smallest absolute Gasteiger partial charge is 0.179 e. The summed E-state index contributed by atoms with van der Waals surface area (Å²) in [5.41, 5.74) is 3.23. The molecule has 0 amide bonds. The predicted molar refractivity (Wildman–Crippen MR) is 80.9 cm³/mol. The molecule has 0 bridgehead atoms. The number of aromatic nitrogens is 1. The first kappa shape index (κ1) is 11.5. The third-order valence-electron chi connectivity index (χ3n) is 4.12. The van der Waals surface area contributed by atoms with Crippen LogP contribution in [-0.4, -0.2) is 10.4 Å². The van der Waals surface area contributed by atoms with Gasteiger partial charge in [0, 0.05) is 24.2 Å².